The molecule has 3 nitrogen and oxygen atoms in total. The number of aliphatic carboxylic acids is 1. The Bertz CT molecular complexity index is 607. The van der Waals surface area contributed by atoms with Gasteiger partial charge in [-0.3, -0.25) is 4.79 Å². The third-order valence-electron chi connectivity index (χ3n) is 3.53. The van der Waals surface area contributed by atoms with Gasteiger partial charge in [0.1, 0.15) is 0 Å². The number of anilines is 1. The molecule has 0 amide bonds. The van der Waals surface area contributed by atoms with E-state index in [1.807, 2.05) is 48.5 Å². The summed E-state index contributed by atoms with van der Waals surface area (Å²) in [7, 11) is 0. The van der Waals surface area contributed by atoms with Crippen LogP contribution in [-0.4, -0.2) is 11.1 Å². The molecule has 0 saturated heterocycles. The van der Waals surface area contributed by atoms with Gasteiger partial charge in [-0.2, -0.15) is 0 Å². The van der Waals surface area contributed by atoms with Crippen LogP contribution in [0, 0.1) is 0 Å². The van der Waals surface area contributed by atoms with Gasteiger partial charge in [0.25, 0.3) is 0 Å². The number of rotatable bonds is 5. The number of carboxylic acid groups (broad SMARTS) is 1. The highest BCUT2D eigenvalue weighted by Gasteiger charge is 2.14. The fraction of sp³-hybridized carbons (Fsp3) is 0.235. The predicted octanol–water partition coefficient (Wildman–Crippen LogP) is 3.90. The number of para-hydroxylation sites is 1. The Labute approximate surface area is 119 Å². The first kappa shape index (κ1) is 14.1. The van der Waals surface area contributed by atoms with Crippen LogP contribution in [0.3, 0.4) is 0 Å². The molecule has 0 aliphatic carbocycles. The smallest absolute Gasteiger partial charge is 0.303 e. The molecule has 2 aromatic rings. The van der Waals surface area contributed by atoms with Crippen LogP contribution >= 0.6 is 0 Å². The SMILES string of the molecule is CC(CCC(=O)O)c1ccccc1-c1ccccc1N. The molecule has 104 valence electrons. The summed E-state index contributed by atoms with van der Waals surface area (Å²) in [5.74, 6) is -0.574. The predicted molar refractivity (Wildman–Crippen MR) is 81.6 cm³/mol. The third kappa shape index (κ3) is 3.18. The van der Waals surface area contributed by atoms with Crippen LogP contribution in [0.4, 0.5) is 5.69 Å². The Hall–Kier alpha value is -2.29. The molecular weight excluding hydrogens is 250 g/mol. The molecule has 0 aliphatic heterocycles. The molecule has 0 fully saturated rings. The van der Waals surface area contributed by atoms with E-state index < -0.39 is 5.97 Å². The lowest BCUT2D eigenvalue weighted by Gasteiger charge is -2.17. The molecule has 0 aliphatic rings. The molecule has 20 heavy (non-hydrogen) atoms. The number of nitrogen functional groups attached to an aromatic ring is 1. The summed E-state index contributed by atoms with van der Waals surface area (Å²) in [6, 6.07) is 15.8. The van der Waals surface area contributed by atoms with E-state index in [0.717, 1.165) is 22.4 Å². The third-order valence-corrected chi connectivity index (χ3v) is 3.53. The maximum Gasteiger partial charge on any atom is 0.303 e. The molecular formula is C17H19NO2. The lowest BCUT2D eigenvalue weighted by molar-refractivity contribution is -0.137. The highest BCUT2D eigenvalue weighted by Crippen LogP contribution is 2.34. The molecule has 3 heteroatoms. The second-order valence-corrected chi connectivity index (χ2v) is 5.01. The van der Waals surface area contributed by atoms with Crippen molar-refractivity contribution in [2.24, 2.45) is 0 Å². The zero-order valence-electron chi connectivity index (χ0n) is 11.5. The van der Waals surface area contributed by atoms with E-state index in [1.165, 1.54) is 0 Å². The van der Waals surface area contributed by atoms with Crippen molar-refractivity contribution in [2.75, 3.05) is 5.73 Å². The van der Waals surface area contributed by atoms with Crippen molar-refractivity contribution in [1.82, 2.24) is 0 Å². The van der Waals surface area contributed by atoms with Gasteiger partial charge in [0.15, 0.2) is 0 Å². The maximum atomic E-state index is 10.7. The summed E-state index contributed by atoms with van der Waals surface area (Å²) in [6.45, 7) is 2.06. The van der Waals surface area contributed by atoms with Gasteiger partial charge in [0.05, 0.1) is 0 Å². The fourth-order valence-electron chi connectivity index (χ4n) is 2.41. The van der Waals surface area contributed by atoms with Gasteiger partial charge >= 0.3 is 5.97 Å². The van der Waals surface area contributed by atoms with Crippen LogP contribution in [0.25, 0.3) is 11.1 Å². The van der Waals surface area contributed by atoms with Crippen LogP contribution in [0.1, 0.15) is 31.2 Å². The quantitative estimate of drug-likeness (QED) is 0.809. The number of nitrogens with two attached hydrogens (primary N) is 1. The Kier molecular flexibility index (Phi) is 4.41. The van der Waals surface area contributed by atoms with Crippen LogP contribution in [-0.2, 0) is 4.79 Å². The number of hydrogen-bond donors (Lipinski definition) is 2. The van der Waals surface area contributed by atoms with Gasteiger partial charge in [0.2, 0.25) is 0 Å². The topological polar surface area (TPSA) is 63.3 Å². The first-order chi connectivity index (χ1) is 9.59. The van der Waals surface area contributed by atoms with E-state index in [1.54, 1.807) is 0 Å². The Morgan fingerprint density at radius 3 is 2.35 bits per heavy atom. The highest BCUT2D eigenvalue weighted by atomic mass is 16.4. The number of carbonyl (C=O) groups is 1. The van der Waals surface area contributed by atoms with Gasteiger partial charge < -0.3 is 10.8 Å². The highest BCUT2D eigenvalue weighted by molar-refractivity contribution is 5.78. The summed E-state index contributed by atoms with van der Waals surface area (Å²) in [6.07, 6.45) is 0.804. The monoisotopic (exact) mass is 269 g/mol. The summed E-state index contributed by atoms with van der Waals surface area (Å²) < 4.78 is 0. The Morgan fingerprint density at radius 2 is 1.70 bits per heavy atom. The summed E-state index contributed by atoms with van der Waals surface area (Å²) >= 11 is 0. The minimum Gasteiger partial charge on any atom is -0.481 e. The average Bonchev–Trinajstić information content (AvgIpc) is 2.45. The van der Waals surface area contributed by atoms with Gasteiger partial charge in [-0.25, -0.2) is 0 Å². The number of carboxylic acids is 1. The van der Waals surface area contributed by atoms with Crippen molar-refractivity contribution < 1.29 is 9.90 Å². The van der Waals surface area contributed by atoms with Crippen molar-refractivity contribution in [1.29, 1.82) is 0 Å². The zero-order chi connectivity index (χ0) is 14.5. The van der Waals surface area contributed by atoms with E-state index in [4.69, 9.17) is 10.8 Å². The standard InChI is InChI=1S/C17H19NO2/c1-12(10-11-17(19)20)13-6-2-3-7-14(13)15-8-4-5-9-16(15)18/h2-9,12H,10-11,18H2,1H3,(H,19,20). The first-order valence-corrected chi connectivity index (χ1v) is 6.75. The molecule has 3 N–H and O–H groups in total. The zero-order valence-corrected chi connectivity index (χ0v) is 11.5. The van der Waals surface area contributed by atoms with Crippen LogP contribution in [0.2, 0.25) is 0 Å². The molecule has 0 bridgehead atoms. The first-order valence-electron chi connectivity index (χ1n) is 6.75. The van der Waals surface area contributed by atoms with E-state index >= 15 is 0 Å². The van der Waals surface area contributed by atoms with Crippen molar-refractivity contribution >= 4 is 11.7 Å². The van der Waals surface area contributed by atoms with E-state index in [0.29, 0.717) is 6.42 Å². The van der Waals surface area contributed by atoms with Crippen molar-refractivity contribution in [3.63, 3.8) is 0 Å². The lowest BCUT2D eigenvalue weighted by Crippen LogP contribution is -2.02. The molecule has 2 aromatic carbocycles. The van der Waals surface area contributed by atoms with E-state index in [-0.39, 0.29) is 12.3 Å². The molecule has 0 saturated carbocycles. The Balaban J connectivity index is 2.36. The molecule has 0 radical (unpaired) electrons. The largest absolute Gasteiger partial charge is 0.481 e. The van der Waals surface area contributed by atoms with Gasteiger partial charge in [0, 0.05) is 17.7 Å². The lowest BCUT2D eigenvalue weighted by atomic mass is 9.88. The summed E-state index contributed by atoms with van der Waals surface area (Å²) in [5, 5.41) is 8.82. The van der Waals surface area contributed by atoms with E-state index in [9.17, 15) is 4.79 Å². The molecule has 2 rings (SSSR count). The van der Waals surface area contributed by atoms with Gasteiger partial charge in [-0.05, 0) is 29.5 Å². The summed E-state index contributed by atoms with van der Waals surface area (Å²) in [5.41, 5.74) is 10.0. The van der Waals surface area contributed by atoms with Crippen LogP contribution < -0.4 is 5.73 Å². The second-order valence-electron chi connectivity index (χ2n) is 5.01. The number of benzene rings is 2. The number of hydrogen-bond acceptors (Lipinski definition) is 2. The van der Waals surface area contributed by atoms with Crippen molar-refractivity contribution in [3.8, 4) is 11.1 Å². The second kappa shape index (κ2) is 6.24. The van der Waals surface area contributed by atoms with E-state index in [2.05, 4.69) is 6.92 Å². The molecule has 0 spiro atoms. The van der Waals surface area contributed by atoms with Gasteiger partial charge in [-0.15, -0.1) is 0 Å². The van der Waals surface area contributed by atoms with Gasteiger partial charge in [-0.1, -0.05) is 49.4 Å². The Morgan fingerprint density at radius 1 is 1.10 bits per heavy atom. The van der Waals surface area contributed by atoms with Crippen LogP contribution in [0.5, 0.6) is 0 Å². The van der Waals surface area contributed by atoms with Crippen LogP contribution in [0.15, 0.2) is 48.5 Å². The van der Waals surface area contributed by atoms with Crippen molar-refractivity contribution in [3.05, 3.63) is 54.1 Å². The maximum absolute atomic E-state index is 10.7. The van der Waals surface area contributed by atoms with Crippen molar-refractivity contribution in [2.45, 2.75) is 25.7 Å². The average molecular weight is 269 g/mol. The molecule has 1 unspecified atom stereocenters. The minimum atomic E-state index is -0.756. The fourth-order valence-corrected chi connectivity index (χ4v) is 2.41. The molecule has 1 atom stereocenters. The summed E-state index contributed by atoms with van der Waals surface area (Å²) in [4.78, 5) is 10.7. The molecule has 0 heterocycles. The minimum absolute atomic E-state index is 0.180. The normalized spacial score (nSPS) is 12.1. The molecule has 0 aromatic heterocycles.